The highest BCUT2D eigenvalue weighted by Crippen LogP contribution is 2.31. The summed E-state index contributed by atoms with van der Waals surface area (Å²) < 4.78 is 27.7. The van der Waals surface area contributed by atoms with E-state index in [1.807, 2.05) is 13.0 Å². The lowest BCUT2D eigenvalue weighted by molar-refractivity contribution is 0.386. The monoisotopic (exact) mass is 383 g/mol. The number of fused-ring (bicyclic) bond motifs is 1. The predicted molar refractivity (Wildman–Crippen MR) is 101 cm³/mol. The predicted octanol–water partition coefficient (Wildman–Crippen LogP) is 2.00. The number of rotatable bonds is 3. The molecule has 0 atom stereocenters. The van der Waals surface area contributed by atoms with Gasteiger partial charge in [-0.05, 0) is 38.0 Å². The van der Waals surface area contributed by atoms with Crippen molar-refractivity contribution in [1.82, 2.24) is 14.3 Å². The molecule has 2 aliphatic rings. The lowest BCUT2D eigenvalue weighted by atomic mass is 10.1. The van der Waals surface area contributed by atoms with Crippen molar-refractivity contribution in [2.75, 3.05) is 24.5 Å². The minimum Gasteiger partial charge on any atom is -0.356 e. The SMILES string of the molecule is Cc1nc2c(c(N3CCCC3)n1)CN(S(=O)(=O)c1cccc(C#N)c1)CC2. The Bertz CT molecular complexity index is 1020. The second-order valence-corrected chi connectivity index (χ2v) is 8.88. The average Bonchev–Trinajstić information content (AvgIpc) is 3.21. The Morgan fingerprint density at radius 2 is 1.93 bits per heavy atom. The van der Waals surface area contributed by atoms with E-state index < -0.39 is 10.0 Å². The number of benzene rings is 1. The van der Waals surface area contributed by atoms with Gasteiger partial charge >= 0.3 is 0 Å². The molecule has 0 spiro atoms. The lowest BCUT2D eigenvalue weighted by Gasteiger charge is -2.31. The van der Waals surface area contributed by atoms with Crippen LogP contribution in [0.3, 0.4) is 0 Å². The first-order chi connectivity index (χ1) is 13.0. The summed E-state index contributed by atoms with van der Waals surface area (Å²) in [5.74, 6) is 1.61. The number of nitriles is 1. The molecule has 4 rings (SSSR count). The van der Waals surface area contributed by atoms with Gasteiger partial charge < -0.3 is 4.90 Å². The van der Waals surface area contributed by atoms with Crippen molar-refractivity contribution in [3.05, 3.63) is 46.9 Å². The van der Waals surface area contributed by atoms with Gasteiger partial charge in [-0.3, -0.25) is 0 Å². The Hall–Kier alpha value is -2.50. The Labute approximate surface area is 159 Å². The third kappa shape index (κ3) is 3.29. The van der Waals surface area contributed by atoms with Crippen LogP contribution >= 0.6 is 0 Å². The third-order valence-electron chi connectivity index (χ3n) is 5.12. The van der Waals surface area contributed by atoms with E-state index in [4.69, 9.17) is 5.26 Å². The van der Waals surface area contributed by atoms with Crippen LogP contribution in [0.15, 0.2) is 29.2 Å². The maximum atomic E-state index is 13.1. The van der Waals surface area contributed by atoms with Crippen LogP contribution < -0.4 is 4.90 Å². The molecule has 8 heteroatoms. The zero-order chi connectivity index (χ0) is 19.0. The van der Waals surface area contributed by atoms with E-state index in [9.17, 15) is 8.42 Å². The molecule has 7 nitrogen and oxygen atoms in total. The second-order valence-electron chi connectivity index (χ2n) is 6.94. The molecule has 0 amide bonds. The number of anilines is 1. The van der Waals surface area contributed by atoms with Gasteiger partial charge in [-0.2, -0.15) is 9.57 Å². The van der Waals surface area contributed by atoms with Gasteiger partial charge in [0.05, 0.1) is 22.2 Å². The van der Waals surface area contributed by atoms with E-state index in [0.717, 1.165) is 48.8 Å². The maximum Gasteiger partial charge on any atom is 0.243 e. The molecule has 0 N–H and O–H groups in total. The minimum absolute atomic E-state index is 0.153. The van der Waals surface area contributed by atoms with Gasteiger partial charge in [-0.15, -0.1) is 0 Å². The van der Waals surface area contributed by atoms with Gasteiger partial charge in [0, 0.05) is 38.2 Å². The van der Waals surface area contributed by atoms with Crippen molar-refractivity contribution >= 4 is 15.8 Å². The highest BCUT2D eigenvalue weighted by Gasteiger charge is 2.32. The molecule has 2 aromatic rings. The second kappa shape index (κ2) is 6.91. The van der Waals surface area contributed by atoms with Gasteiger partial charge in [0.15, 0.2) is 0 Å². The molecule has 140 valence electrons. The van der Waals surface area contributed by atoms with Crippen molar-refractivity contribution in [3.63, 3.8) is 0 Å². The number of nitrogens with zero attached hydrogens (tertiary/aromatic N) is 5. The fourth-order valence-corrected chi connectivity index (χ4v) is 5.22. The minimum atomic E-state index is -3.68. The smallest absolute Gasteiger partial charge is 0.243 e. The van der Waals surface area contributed by atoms with Crippen LogP contribution in [-0.2, 0) is 23.0 Å². The Morgan fingerprint density at radius 1 is 1.15 bits per heavy atom. The third-order valence-corrected chi connectivity index (χ3v) is 6.96. The summed E-state index contributed by atoms with van der Waals surface area (Å²) in [6, 6.07) is 8.18. The fourth-order valence-electron chi connectivity index (χ4n) is 3.76. The number of hydrogen-bond acceptors (Lipinski definition) is 6. The quantitative estimate of drug-likeness (QED) is 0.805. The molecule has 1 aromatic carbocycles. The molecule has 0 aliphatic carbocycles. The van der Waals surface area contributed by atoms with Crippen molar-refractivity contribution in [1.29, 1.82) is 5.26 Å². The van der Waals surface area contributed by atoms with Gasteiger partial charge in [-0.25, -0.2) is 18.4 Å². The Kier molecular flexibility index (Phi) is 4.58. The summed E-state index contributed by atoms with van der Waals surface area (Å²) in [7, 11) is -3.68. The van der Waals surface area contributed by atoms with Crippen molar-refractivity contribution in [2.45, 2.75) is 37.6 Å². The summed E-state index contributed by atoms with van der Waals surface area (Å²) in [6.45, 7) is 4.42. The van der Waals surface area contributed by atoms with Crippen LogP contribution in [0, 0.1) is 18.3 Å². The normalized spacial score (nSPS) is 17.6. The number of aromatic nitrogens is 2. The average molecular weight is 383 g/mol. The molecule has 0 saturated carbocycles. The van der Waals surface area contributed by atoms with E-state index >= 15 is 0 Å². The summed E-state index contributed by atoms with van der Waals surface area (Å²) in [5, 5.41) is 9.07. The van der Waals surface area contributed by atoms with Gasteiger partial charge in [0.2, 0.25) is 10.0 Å². The van der Waals surface area contributed by atoms with Crippen molar-refractivity contribution in [3.8, 4) is 6.07 Å². The first-order valence-electron chi connectivity index (χ1n) is 9.11. The first-order valence-corrected chi connectivity index (χ1v) is 10.5. The van der Waals surface area contributed by atoms with Crippen LogP contribution in [0.2, 0.25) is 0 Å². The fraction of sp³-hybridized carbons (Fsp3) is 0.421. The van der Waals surface area contributed by atoms with Crippen LogP contribution in [0.1, 0.15) is 35.5 Å². The highest BCUT2D eigenvalue weighted by atomic mass is 32.2. The number of aryl methyl sites for hydroxylation is 1. The molecule has 0 radical (unpaired) electrons. The first kappa shape index (κ1) is 17.9. The zero-order valence-corrected chi connectivity index (χ0v) is 16.0. The summed E-state index contributed by atoms with van der Waals surface area (Å²) in [5.41, 5.74) is 2.19. The Morgan fingerprint density at radius 3 is 2.67 bits per heavy atom. The van der Waals surface area contributed by atoms with Crippen LogP contribution in [0.5, 0.6) is 0 Å². The number of hydrogen-bond donors (Lipinski definition) is 0. The molecule has 1 fully saturated rings. The number of sulfonamides is 1. The Balaban J connectivity index is 1.71. The molecule has 3 heterocycles. The van der Waals surface area contributed by atoms with Crippen molar-refractivity contribution in [2.24, 2.45) is 0 Å². The zero-order valence-electron chi connectivity index (χ0n) is 15.2. The summed E-state index contributed by atoms with van der Waals surface area (Å²) in [6.07, 6.45) is 2.82. The van der Waals surface area contributed by atoms with Crippen LogP contribution in [0.4, 0.5) is 5.82 Å². The van der Waals surface area contributed by atoms with Gasteiger partial charge in [0.1, 0.15) is 11.6 Å². The molecule has 27 heavy (non-hydrogen) atoms. The molecular weight excluding hydrogens is 362 g/mol. The van der Waals surface area contributed by atoms with Crippen molar-refractivity contribution < 1.29 is 8.42 Å². The lowest BCUT2D eigenvalue weighted by Crippen LogP contribution is -2.38. The summed E-state index contributed by atoms with van der Waals surface area (Å²) >= 11 is 0. The summed E-state index contributed by atoms with van der Waals surface area (Å²) in [4.78, 5) is 11.6. The molecule has 0 unspecified atom stereocenters. The molecule has 0 bridgehead atoms. The molecular formula is C19H21N5O2S. The molecule has 2 aliphatic heterocycles. The molecule has 1 saturated heterocycles. The van der Waals surface area contributed by atoms with E-state index in [2.05, 4.69) is 14.9 Å². The van der Waals surface area contributed by atoms with E-state index in [-0.39, 0.29) is 11.4 Å². The van der Waals surface area contributed by atoms with Gasteiger partial charge in [0.25, 0.3) is 0 Å². The standard InChI is InChI=1S/C19H21N5O2S/c1-14-21-18-7-10-24(13-17(18)19(22-14)23-8-2-3-9-23)27(25,26)16-6-4-5-15(11-16)12-20/h4-6,11H,2-3,7-10,13H2,1H3. The van der Waals surface area contributed by atoms with Crippen LogP contribution in [-0.4, -0.2) is 42.3 Å². The molecule has 1 aromatic heterocycles. The van der Waals surface area contributed by atoms with E-state index in [0.29, 0.717) is 18.5 Å². The highest BCUT2D eigenvalue weighted by molar-refractivity contribution is 7.89. The van der Waals surface area contributed by atoms with Crippen LogP contribution in [0.25, 0.3) is 0 Å². The largest absolute Gasteiger partial charge is 0.356 e. The van der Waals surface area contributed by atoms with E-state index in [1.165, 1.54) is 10.4 Å². The van der Waals surface area contributed by atoms with Gasteiger partial charge in [-0.1, -0.05) is 6.07 Å². The van der Waals surface area contributed by atoms with E-state index in [1.54, 1.807) is 18.2 Å². The maximum absolute atomic E-state index is 13.1. The topological polar surface area (TPSA) is 90.2 Å².